The lowest BCUT2D eigenvalue weighted by Gasteiger charge is -2.36. The number of aromatic nitrogens is 2. The fourth-order valence-corrected chi connectivity index (χ4v) is 2.67. The highest BCUT2D eigenvalue weighted by Gasteiger charge is 2.35. The summed E-state index contributed by atoms with van der Waals surface area (Å²) in [6.45, 7) is 2.74. The van der Waals surface area contributed by atoms with Crippen molar-refractivity contribution in [3.05, 3.63) is 6.33 Å². The minimum Gasteiger partial charge on any atom is -0.480 e. The van der Waals surface area contributed by atoms with Crippen molar-refractivity contribution in [1.29, 1.82) is 0 Å². The maximum atomic E-state index is 11.2. The van der Waals surface area contributed by atoms with Crippen LogP contribution in [-0.2, 0) is 4.79 Å². The van der Waals surface area contributed by atoms with Crippen LogP contribution in [0.4, 0.5) is 5.13 Å². The van der Waals surface area contributed by atoms with Gasteiger partial charge in [-0.2, -0.15) is 4.37 Å². The van der Waals surface area contributed by atoms with E-state index in [2.05, 4.69) is 9.36 Å². The van der Waals surface area contributed by atoms with Gasteiger partial charge in [0.05, 0.1) is 0 Å². The lowest BCUT2D eigenvalue weighted by atomic mass is 9.91. The van der Waals surface area contributed by atoms with Crippen molar-refractivity contribution in [3.63, 3.8) is 0 Å². The van der Waals surface area contributed by atoms with Crippen LogP contribution in [0.5, 0.6) is 0 Å². The van der Waals surface area contributed by atoms with Gasteiger partial charge in [-0.25, -0.2) is 9.78 Å². The molecule has 1 aromatic heterocycles. The number of nitrogens with zero attached hydrogens (tertiary/aromatic N) is 3. The predicted octanol–water partition coefficient (Wildman–Crippen LogP) is 1.23. The summed E-state index contributed by atoms with van der Waals surface area (Å²) < 4.78 is 3.91. The third-order valence-electron chi connectivity index (χ3n) is 2.78. The molecule has 2 atom stereocenters. The molecule has 0 amide bonds. The van der Waals surface area contributed by atoms with Gasteiger partial charge < -0.3 is 10.0 Å². The number of carbonyl (C=O) groups is 1. The smallest absolute Gasteiger partial charge is 0.326 e. The van der Waals surface area contributed by atoms with Crippen LogP contribution in [0.3, 0.4) is 0 Å². The Morgan fingerprint density at radius 1 is 1.73 bits per heavy atom. The maximum Gasteiger partial charge on any atom is 0.326 e. The Bertz CT molecular complexity index is 341. The number of carboxylic acid groups (broad SMARTS) is 1. The molecule has 1 aliphatic heterocycles. The third-order valence-corrected chi connectivity index (χ3v) is 3.48. The van der Waals surface area contributed by atoms with Gasteiger partial charge in [-0.05, 0) is 18.8 Å². The van der Waals surface area contributed by atoms with E-state index in [0.717, 1.165) is 19.4 Å². The summed E-state index contributed by atoms with van der Waals surface area (Å²) in [5.74, 6) is -0.599. The van der Waals surface area contributed by atoms with E-state index in [1.807, 2.05) is 11.8 Å². The van der Waals surface area contributed by atoms with Gasteiger partial charge >= 0.3 is 5.97 Å². The minimum atomic E-state index is -0.766. The van der Waals surface area contributed by atoms with Crippen molar-refractivity contribution in [2.45, 2.75) is 25.8 Å². The average Bonchev–Trinajstić information content (AvgIpc) is 2.69. The predicted molar refractivity (Wildman–Crippen MR) is 57.1 cm³/mol. The van der Waals surface area contributed by atoms with E-state index in [0.29, 0.717) is 5.13 Å². The summed E-state index contributed by atoms with van der Waals surface area (Å²) in [5, 5.41) is 9.91. The van der Waals surface area contributed by atoms with E-state index in [9.17, 15) is 9.90 Å². The number of hydrogen-bond acceptors (Lipinski definition) is 5. The summed E-state index contributed by atoms with van der Waals surface area (Å²) in [4.78, 5) is 17.1. The summed E-state index contributed by atoms with van der Waals surface area (Å²) in [6, 6.07) is -0.452. The molecule has 6 heteroatoms. The Morgan fingerprint density at radius 2 is 2.53 bits per heavy atom. The van der Waals surface area contributed by atoms with Crippen LogP contribution in [0.2, 0.25) is 0 Å². The number of aliphatic carboxylic acids is 1. The zero-order valence-corrected chi connectivity index (χ0v) is 9.28. The SMILES string of the molecule is CC1CCCN(c2ncns2)C1C(=O)O. The first kappa shape index (κ1) is 10.4. The normalized spacial score (nSPS) is 26.6. The molecule has 82 valence electrons. The first-order valence-corrected chi connectivity index (χ1v) is 5.73. The average molecular weight is 227 g/mol. The lowest BCUT2D eigenvalue weighted by Crippen LogP contribution is -2.49. The third kappa shape index (κ3) is 1.94. The second-order valence-corrected chi connectivity index (χ2v) is 4.58. The van der Waals surface area contributed by atoms with Gasteiger partial charge in [0.15, 0.2) is 0 Å². The quantitative estimate of drug-likeness (QED) is 0.823. The molecular weight excluding hydrogens is 214 g/mol. The van der Waals surface area contributed by atoms with Crippen LogP contribution in [-0.4, -0.2) is 33.0 Å². The van der Waals surface area contributed by atoms with Crippen LogP contribution in [0.1, 0.15) is 19.8 Å². The molecule has 1 N–H and O–H groups in total. The molecule has 0 spiro atoms. The van der Waals surface area contributed by atoms with Crippen molar-refractivity contribution in [2.75, 3.05) is 11.4 Å². The van der Waals surface area contributed by atoms with Gasteiger partial charge in [0.25, 0.3) is 0 Å². The first-order chi connectivity index (χ1) is 7.20. The highest BCUT2D eigenvalue weighted by Crippen LogP contribution is 2.29. The fraction of sp³-hybridized carbons (Fsp3) is 0.667. The van der Waals surface area contributed by atoms with Crippen molar-refractivity contribution in [2.24, 2.45) is 5.92 Å². The Balaban J connectivity index is 2.24. The van der Waals surface area contributed by atoms with E-state index in [-0.39, 0.29) is 5.92 Å². The van der Waals surface area contributed by atoms with Crippen molar-refractivity contribution in [1.82, 2.24) is 9.36 Å². The number of rotatable bonds is 2. The standard InChI is InChI=1S/C9H13N3O2S/c1-6-3-2-4-12(7(6)8(13)14)9-10-5-11-15-9/h5-7H,2-4H2,1H3,(H,13,14). The van der Waals surface area contributed by atoms with E-state index in [1.165, 1.54) is 17.9 Å². The van der Waals surface area contributed by atoms with Crippen LogP contribution >= 0.6 is 11.5 Å². The van der Waals surface area contributed by atoms with Gasteiger partial charge in [-0.1, -0.05) is 6.92 Å². The largest absolute Gasteiger partial charge is 0.480 e. The van der Waals surface area contributed by atoms with Crippen LogP contribution in [0, 0.1) is 5.92 Å². The maximum absolute atomic E-state index is 11.2. The van der Waals surface area contributed by atoms with E-state index >= 15 is 0 Å². The van der Waals surface area contributed by atoms with Gasteiger partial charge in [0.1, 0.15) is 12.4 Å². The first-order valence-electron chi connectivity index (χ1n) is 4.96. The zero-order valence-electron chi connectivity index (χ0n) is 8.46. The topological polar surface area (TPSA) is 66.3 Å². The van der Waals surface area contributed by atoms with E-state index in [1.54, 1.807) is 0 Å². The van der Waals surface area contributed by atoms with Gasteiger partial charge in [-0.15, -0.1) is 0 Å². The van der Waals surface area contributed by atoms with Crippen LogP contribution in [0.15, 0.2) is 6.33 Å². The minimum absolute atomic E-state index is 0.167. The fourth-order valence-electron chi connectivity index (χ4n) is 2.07. The number of carboxylic acids is 1. The number of hydrogen-bond donors (Lipinski definition) is 1. The van der Waals surface area contributed by atoms with Crippen LogP contribution < -0.4 is 4.90 Å². The molecular formula is C9H13N3O2S. The van der Waals surface area contributed by atoms with Crippen molar-refractivity contribution < 1.29 is 9.90 Å². The molecule has 2 heterocycles. The molecule has 0 radical (unpaired) electrons. The Kier molecular flexibility index (Phi) is 2.86. The van der Waals surface area contributed by atoms with E-state index < -0.39 is 12.0 Å². The molecule has 5 nitrogen and oxygen atoms in total. The molecule has 1 saturated heterocycles. The molecule has 2 rings (SSSR count). The molecule has 0 bridgehead atoms. The van der Waals surface area contributed by atoms with Crippen LogP contribution in [0.25, 0.3) is 0 Å². The molecule has 0 aliphatic carbocycles. The summed E-state index contributed by atoms with van der Waals surface area (Å²) >= 11 is 1.25. The monoisotopic (exact) mass is 227 g/mol. The molecule has 0 aromatic carbocycles. The zero-order chi connectivity index (χ0) is 10.8. The molecule has 1 aliphatic rings. The number of piperidine rings is 1. The highest BCUT2D eigenvalue weighted by atomic mass is 32.1. The Hall–Kier alpha value is -1.17. The highest BCUT2D eigenvalue weighted by molar-refractivity contribution is 7.09. The van der Waals surface area contributed by atoms with Gasteiger partial charge in [0, 0.05) is 18.1 Å². The Morgan fingerprint density at radius 3 is 3.13 bits per heavy atom. The van der Waals surface area contributed by atoms with Crippen molar-refractivity contribution in [3.8, 4) is 0 Å². The second kappa shape index (κ2) is 4.14. The van der Waals surface area contributed by atoms with E-state index in [4.69, 9.17) is 0 Å². The molecule has 1 fully saturated rings. The Labute approximate surface area is 91.9 Å². The molecule has 1 aromatic rings. The molecule has 2 unspecified atom stereocenters. The van der Waals surface area contributed by atoms with Gasteiger partial charge in [0.2, 0.25) is 5.13 Å². The summed E-state index contributed by atoms with van der Waals surface area (Å²) in [5.41, 5.74) is 0. The lowest BCUT2D eigenvalue weighted by molar-refractivity contribution is -0.140. The van der Waals surface area contributed by atoms with Gasteiger partial charge in [-0.3, -0.25) is 0 Å². The number of anilines is 1. The van der Waals surface area contributed by atoms with Crippen molar-refractivity contribution >= 4 is 22.6 Å². The molecule has 15 heavy (non-hydrogen) atoms. The molecule has 0 saturated carbocycles. The summed E-state index contributed by atoms with van der Waals surface area (Å²) in [7, 11) is 0. The summed E-state index contributed by atoms with van der Waals surface area (Å²) in [6.07, 6.45) is 3.45. The second-order valence-electron chi connectivity index (χ2n) is 3.82.